The third kappa shape index (κ3) is 4.63. The van der Waals surface area contributed by atoms with Crippen molar-refractivity contribution in [2.24, 2.45) is 0 Å². The summed E-state index contributed by atoms with van der Waals surface area (Å²) in [7, 11) is 0. The molecule has 5 nitrogen and oxygen atoms in total. The van der Waals surface area contributed by atoms with Crippen molar-refractivity contribution < 1.29 is 14.3 Å². The molecule has 0 aromatic carbocycles. The van der Waals surface area contributed by atoms with Crippen LogP contribution in [-0.2, 0) is 4.74 Å². The van der Waals surface area contributed by atoms with Crippen molar-refractivity contribution in [2.45, 2.75) is 46.1 Å². The maximum absolute atomic E-state index is 12.0. The molecule has 6 heteroatoms. The molecule has 0 unspecified atom stereocenters. The Labute approximate surface area is 117 Å². The number of hydrogen-bond donors (Lipinski definition) is 1. The molecule has 0 atom stereocenters. The van der Waals surface area contributed by atoms with E-state index < -0.39 is 5.97 Å². The number of carbonyl (C=O) groups is 2. The second kappa shape index (κ2) is 6.65. The Kier molecular flexibility index (Phi) is 5.47. The molecule has 1 rings (SSSR count). The molecule has 1 amide bonds. The van der Waals surface area contributed by atoms with Gasteiger partial charge in [-0.1, -0.05) is 13.3 Å². The van der Waals surface area contributed by atoms with Crippen molar-refractivity contribution in [2.75, 3.05) is 6.61 Å². The van der Waals surface area contributed by atoms with Crippen LogP contribution in [0, 0.1) is 0 Å². The van der Waals surface area contributed by atoms with Crippen LogP contribution in [0.1, 0.15) is 60.8 Å². The molecule has 0 aliphatic rings. The van der Waals surface area contributed by atoms with Crippen molar-refractivity contribution in [3.8, 4) is 0 Å². The predicted octanol–water partition coefficient (Wildman–Crippen LogP) is 2.63. The molecule has 0 radical (unpaired) electrons. The average molecular weight is 284 g/mol. The van der Waals surface area contributed by atoms with Crippen LogP contribution in [0.25, 0.3) is 0 Å². The highest BCUT2D eigenvalue weighted by Crippen LogP contribution is 2.15. The topological polar surface area (TPSA) is 68.3 Å². The largest absolute Gasteiger partial charge is 0.461 e. The molecular weight excluding hydrogens is 264 g/mol. The lowest BCUT2D eigenvalue weighted by atomic mass is 9.99. The maximum Gasteiger partial charge on any atom is 0.367 e. The molecule has 1 N–H and O–H groups in total. The van der Waals surface area contributed by atoms with Crippen LogP contribution in [-0.4, -0.2) is 29.0 Å². The van der Waals surface area contributed by atoms with Crippen molar-refractivity contribution in [1.82, 2.24) is 10.3 Å². The standard InChI is InChI=1S/C13H20N2O3S/c1-5-7-13(3,4)15-10(16)9-8-19-11(14-9)12(17)18-6-2/h8H,5-7H2,1-4H3,(H,15,16). The van der Waals surface area contributed by atoms with E-state index in [1.54, 1.807) is 12.3 Å². The summed E-state index contributed by atoms with van der Waals surface area (Å²) in [6, 6.07) is 0. The quantitative estimate of drug-likeness (QED) is 0.815. The van der Waals surface area contributed by atoms with E-state index in [-0.39, 0.29) is 22.1 Å². The summed E-state index contributed by atoms with van der Waals surface area (Å²) in [6.45, 7) is 8.02. The molecule has 1 heterocycles. The van der Waals surface area contributed by atoms with Crippen molar-refractivity contribution in [3.05, 3.63) is 16.1 Å². The van der Waals surface area contributed by atoms with Gasteiger partial charge in [-0.15, -0.1) is 11.3 Å². The van der Waals surface area contributed by atoms with Gasteiger partial charge in [-0.3, -0.25) is 4.79 Å². The normalized spacial score (nSPS) is 11.2. The van der Waals surface area contributed by atoms with E-state index in [1.165, 1.54) is 0 Å². The molecular formula is C13H20N2O3S. The number of ether oxygens (including phenoxy) is 1. The molecule has 0 spiro atoms. The fourth-order valence-corrected chi connectivity index (χ4v) is 2.41. The van der Waals surface area contributed by atoms with Crippen molar-refractivity contribution >= 4 is 23.2 Å². The van der Waals surface area contributed by atoms with Gasteiger partial charge in [-0.05, 0) is 27.2 Å². The van der Waals surface area contributed by atoms with Gasteiger partial charge in [0.15, 0.2) is 0 Å². The summed E-state index contributed by atoms with van der Waals surface area (Å²) in [4.78, 5) is 27.5. The minimum atomic E-state index is -0.487. The van der Waals surface area contributed by atoms with E-state index in [2.05, 4.69) is 17.2 Å². The average Bonchev–Trinajstić information content (AvgIpc) is 2.77. The maximum atomic E-state index is 12.0. The Morgan fingerprint density at radius 1 is 1.42 bits per heavy atom. The molecule has 106 valence electrons. The summed E-state index contributed by atoms with van der Waals surface area (Å²) in [6.07, 6.45) is 1.87. The smallest absolute Gasteiger partial charge is 0.367 e. The van der Waals surface area contributed by atoms with Gasteiger partial charge in [0.25, 0.3) is 5.91 Å². The van der Waals surface area contributed by atoms with E-state index in [1.807, 2.05) is 13.8 Å². The lowest BCUT2D eigenvalue weighted by Crippen LogP contribution is -2.43. The molecule has 0 aliphatic heterocycles. The van der Waals surface area contributed by atoms with Crippen LogP contribution >= 0.6 is 11.3 Å². The van der Waals surface area contributed by atoms with Gasteiger partial charge < -0.3 is 10.1 Å². The van der Waals surface area contributed by atoms with Gasteiger partial charge in [0.05, 0.1) is 6.61 Å². The lowest BCUT2D eigenvalue weighted by molar-refractivity contribution is 0.0526. The van der Waals surface area contributed by atoms with Gasteiger partial charge in [0.1, 0.15) is 5.69 Å². The zero-order valence-electron chi connectivity index (χ0n) is 11.8. The molecule has 0 saturated heterocycles. The fraction of sp³-hybridized carbons (Fsp3) is 0.615. The molecule has 0 saturated carbocycles. The number of esters is 1. The number of nitrogens with one attached hydrogen (secondary N) is 1. The molecule has 1 aromatic heterocycles. The third-order valence-electron chi connectivity index (χ3n) is 2.51. The highest BCUT2D eigenvalue weighted by atomic mass is 32.1. The summed E-state index contributed by atoms with van der Waals surface area (Å²) in [5, 5.41) is 4.69. The number of nitrogens with zero attached hydrogens (tertiary/aromatic N) is 1. The SMILES string of the molecule is CCCC(C)(C)NC(=O)c1csc(C(=O)OCC)n1. The molecule has 0 aliphatic carbocycles. The summed E-state index contributed by atoms with van der Waals surface area (Å²) in [5.41, 5.74) is -0.0169. The number of aromatic nitrogens is 1. The van der Waals surface area contributed by atoms with Gasteiger partial charge in [-0.2, -0.15) is 0 Å². The first-order valence-corrected chi connectivity index (χ1v) is 7.22. The third-order valence-corrected chi connectivity index (χ3v) is 3.34. The first-order chi connectivity index (χ1) is 8.89. The predicted molar refractivity (Wildman–Crippen MR) is 74.5 cm³/mol. The number of thiazole rings is 1. The van der Waals surface area contributed by atoms with E-state index >= 15 is 0 Å². The van der Waals surface area contributed by atoms with Crippen LogP contribution < -0.4 is 5.32 Å². The summed E-state index contributed by atoms with van der Waals surface area (Å²) in [5.74, 6) is -0.746. The van der Waals surface area contributed by atoms with Crippen LogP contribution in [0.4, 0.5) is 0 Å². The Balaban J connectivity index is 2.71. The summed E-state index contributed by atoms with van der Waals surface area (Å²) >= 11 is 1.12. The van der Waals surface area contributed by atoms with E-state index in [4.69, 9.17) is 4.74 Å². The fourth-order valence-electron chi connectivity index (χ4n) is 1.72. The van der Waals surface area contributed by atoms with E-state index in [0.717, 1.165) is 24.2 Å². The first kappa shape index (κ1) is 15.6. The van der Waals surface area contributed by atoms with Crippen LogP contribution in [0.3, 0.4) is 0 Å². The highest BCUT2D eigenvalue weighted by molar-refractivity contribution is 7.11. The lowest BCUT2D eigenvalue weighted by Gasteiger charge is -2.25. The second-order valence-corrected chi connectivity index (χ2v) is 5.70. The number of rotatable bonds is 6. The van der Waals surface area contributed by atoms with Gasteiger partial charge in [0, 0.05) is 10.9 Å². The van der Waals surface area contributed by atoms with Gasteiger partial charge >= 0.3 is 5.97 Å². The zero-order chi connectivity index (χ0) is 14.5. The number of amides is 1. The molecule has 0 bridgehead atoms. The zero-order valence-corrected chi connectivity index (χ0v) is 12.6. The highest BCUT2D eigenvalue weighted by Gasteiger charge is 2.22. The second-order valence-electron chi connectivity index (χ2n) is 4.85. The van der Waals surface area contributed by atoms with Gasteiger partial charge in [0.2, 0.25) is 5.01 Å². The summed E-state index contributed by atoms with van der Waals surface area (Å²) < 4.78 is 4.84. The number of carbonyl (C=O) groups excluding carboxylic acids is 2. The van der Waals surface area contributed by atoms with Crippen LogP contribution in [0.2, 0.25) is 0 Å². The van der Waals surface area contributed by atoms with Crippen LogP contribution in [0.5, 0.6) is 0 Å². The Bertz CT molecular complexity index is 454. The minimum absolute atomic E-state index is 0.209. The molecule has 1 aromatic rings. The minimum Gasteiger partial charge on any atom is -0.461 e. The van der Waals surface area contributed by atoms with E-state index in [0.29, 0.717) is 6.61 Å². The van der Waals surface area contributed by atoms with E-state index in [9.17, 15) is 9.59 Å². The van der Waals surface area contributed by atoms with Crippen molar-refractivity contribution in [3.63, 3.8) is 0 Å². The Morgan fingerprint density at radius 2 is 2.11 bits per heavy atom. The van der Waals surface area contributed by atoms with Gasteiger partial charge in [-0.25, -0.2) is 9.78 Å². The molecule has 0 fully saturated rings. The first-order valence-electron chi connectivity index (χ1n) is 6.34. The Morgan fingerprint density at radius 3 is 2.68 bits per heavy atom. The number of hydrogen-bond acceptors (Lipinski definition) is 5. The Hall–Kier alpha value is -1.43. The molecule has 19 heavy (non-hydrogen) atoms. The van der Waals surface area contributed by atoms with Crippen LogP contribution in [0.15, 0.2) is 5.38 Å². The van der Waals surface area contributed by atoms with Crippen molar-refractivity contribution in [1.29, 1.82) is 0 Å². The monoisotopic (exact) mass is 284 g/mol.